The number of hydrogen-bond donors (Lipinski definition) is 0. The Morgan fingerprint density at radius 1 is 1.22 bits per heavy atom. The van der Waals surface area contributed by atoms with E-state index in [1.807, 2.05) is 16.5 Å². The lowest BCUT2D eigenvalue weighted by molar-refractivity contribution is 0.0645. The van der Waals surface area contributed by atoms with Crippen LogP contribution in [0.2, 0.25) is 0 Å². The van der Waals surface area contributed by atoms with Gasteiger partial charge in [-0.1, -0.05) is 0 Å². The smallest absolute Gasteiger partial charge is 0.257 e. The van der Waals surface area contributed by atoms with Crippen LogP contribution in [0.3, 0.4) is 0 Å². The summed E-state index contributed by atoms with van der Waals surface area (Å²) in [6.45, 7) is 8.03. The zero-order valence-electron chi connectivity index (χ0n) is 16.2. The van der Waals surface area contributed by atoms with Crippen LogP contribution in [0.1, 0.15) is 48.8 Å². The Hall–Kier alpha value is -2.35. The Balaban J connectivity index is 1.62. The van der Waals surface area contributed by atoms with Crippen LogP contribution in [0.4, 0.5) is 0 Å². The van der Waals surface area contributed by atoms with E-state index in [1.165, 1.54) is 6.33 Å². The highest BCUT2D eigenvalue weighted by atomic mass is 16.2. The first-order valence-electron chi connectivity index (χ1n) is 9.62. The third kappa shape index (κ3) is 3.22. The molecule has 2 aliphatic heterocycles. The topological polar surface area (TPSA) is 80.0 Å². The predicted molar refractivity (Wildman–Crippen MR) is 100 cm³/mol. The number of likely N-dealkylation sites (tertiary alicyclic amines) is 2. The number of aromatic nitrogens is 5. The number of carbonyl (C=O) groups excluding carboxylic acids is 1. The first-order valence-corrected chi connectivity index (χ1v) is 9.62. The molecule has 2 saturated heterocycles. The number of amides is 1. The number of nitrogens with zero attached hydrogens (tertiary/aromatic N) is 7. The molecule has 8 nitrogen and oxygen atoms in total. The fraction of sp³-hybridized carbons (Fsp3) is 0.632. The minimum Gasteiger partial charge on any atom is -0.337 e. The normalized spacial score (nSPS) is 22.7. The molecule has 0 bridgehead atoms. The number of hydrogen-bond acceptors (Lipinski definition) is 6. The molecule has 2 aromatic heterocycles. The van der Waals surface area contributed by atoms with E-state index in [4.69, 9.17) is 0 Å². The Morgan fingerprint density at radius 3 is 2.52 bits per heavy atom. The van der Waals surface area contributed by atoms with Gasteiger partial charge in [0, 0.05) is 49.9 Å². The van der Waals surface area contributed by atoms with Gasteiger partial charge in [-0.2, -0.15) is 0 Å². The van der Waals surface area contributed by atoms with Crippen LogP contribution >= 0.6 is 0 Å². The maximum absolute atomic E-state index is 13.0. The summed E-state index contributed by atoms with van der Waals surface area (Å²) in [6, 6.07) is 0.552. The van der Waals surface area contributed by atoms with Crippen LogP contribution in [-0.2, 0) is 7.05 Å². The summed E-state index contributed by atoms with van der Waals surface area (Å²) < 4.78 is 2.00. The molecule has 27 heavy (non-hydrogen) atoms. The SMILES string of the molecule is CC(C)N1CCC2(CC1)CN(C(=O)c1cncnc1)CC2c1nncn1C. The standard InChI is InChI=1S/C19H27N7O/c1-14(2)25-6-4-19(5-7-25)11-26(18(27)15-8-20-12-21-9-15)10-16(19)17-23-22-13-24(17)3/h8-9,12-14,16H,4-7,10-11H2,1-3H3. The molecule has 0 radical (unpaired) electrons. The first-order chi connectivity index (χ1) is 13.0. The van der Waals surface area contributed by atoms with Crippen LogP contribution in [0.25, 0.3) is 0 Å². The number of rotatable bonds is 3. The van der Waals surface area contributed by atoms with E-state index in [1.54, 1.807) is 18.7 Å². The molecule has 1 atom stereocenters. The van der Waals surface area contributed by atoms with Crippen LogP contribution in [-0.4, -0.2) is 72.7 Å². The van der Waals surface area contributed by atoms with Crippen molar-refractivity contribution in [2.45, 2.75) is 38.6 Å². The van der Waals surface area contributed by atoms with Gasteiger partial charge in [-0.05, 0) is 39.8 Å². The van der Waals surface area contributed by atoms with Gasteiger partial charge in [-0.15, -0.1) is 10.2 Å². The Bertz CT molecular complexity index is 795. The van der Waals surface area contributed by atoms with Gasteiger partial charge >= 0.3 is 0 Å². The largest absolute Gasteiger partial charge is 0.337 e. The highest BCUT2D eigenvalue weighted by Gasteiger charge is 2.51. The van der Waals surface area contributed by atoms with Gasteiger partial charge in [0.05, 0.1) is 5.56 Å². The average Bonchev–Trinajstić information content (AvgIpc) is 3.26. The van der Waals surface area contributed by atoms with Gasteiger partial charge in [-0.3, -0.25) is 4.79 Å². The molecular formula is C19H27N7O. The summed E-state index contributed by atoms with van der Waals surface area (Å²) in [6.07, 6.45) is 8.53. The van der Waals surface area contributed by atoms with Crippen molar-refractivity contribution in [1.82, 2.24) is 34.5 Å². The number of piperidine rings is 1. The maximum atomic E-state index is 13.0. The molecule has 8 heteroatoms. The highest BCUT2D eigenvalue weighted by Crippen LogP contribution is 2.49. The summed E-state index contributed by atoms with van der Waals surface area (Å²) in [5, 5.41) is 8.50. The Kier molecular flexibility index (Phi) is 4.67. The lowest BCUT2D eigenvalue weighted by Gasteiger charge is -2.43. The second-order valence-corrected chi connectivity index (χ2v) is 8.16. The van der Waals surface area contributed by atoms with Gasteiger partial charge in [-0.25, -0.2) is 9.97 Å². The minimum atomic E-state index is 0.00549. The molecular weight excluding hydrogens is 342 g/mol. The van der Waals surface area contributed by atoms with E-state index in [2.05, 4.69) is 38.9 Å². The molecule has 4 heterocycles. The summed E-state index contributed by atoms with van der Waals surface area (Å²) in [5.74, 6) is 1.19. The molecule has 0 N–H and O–H groups in total. The fourth-order valence-electron chi connectivity index (χ4n) is 4.67. The monoisotopic (exact) mass is 369 g/mol. The van der Waals surface area contributed by atoms with Crippen molar-refractivity contribution in [3.63, 3.8) is 0 Å². The van der Waals surface area contributed by atoms with Gasteiger partial charge in [0.25, 0.3) is 5.91 Å². The van der Waals surface area contributed by atoms with Crippen molar-refractivity contribution in [3.05, 3.63) is 36.4 Å². The molecule has 144 valence electrons. The van der Waals surface area contributed by atoms with Gasteiger partial charge < -0.3 is 14.4 Å². The Labute approximate surface area is 159 Å². The van der Waals surface area contributed by atoms with E-state index in [0.717, 1.165) is 38.3 Å². The Morgan fingerprint density at radius 2 is 1.93 bits per heavy atom. The molecule has 0 aliphatic carbocycles. The van der Waals surface area contributed by atoms with Crippen LogP contribution in [0, 0.1) is 5.41 Å². The average molecular weight is 369 g/mol. The van der Waals surface area contributed by atoms with E-state index in [-0.39, 0.29) is 17.2 Å². The van der Waals surface area contributed by atoms with Crippen LogP contribution in [0.5, 0.6) is 0 Å². The molecule has 1 unspecified atom stereocenters. The molecule has 0 aromatic carbocycles. The van der Waals surface area contributed by atoms with E-state index < -0.39 is 0 Å². The minimum absolute atomic E-state index is 0.00549. The third-order valence-electron chi connectivity index (χ3n) is 6.32. The lowest BCUT2D eigenvalue weighted by Crippen LogP contribution is -2.46. The van der Waals surface area contributed by atoms with Crippen molar-refractivity contribution < 1.29 is 4.79 Å². The molecule has 0 saturated carbocycles. The maximum Gasteiger partial charge on any atom is 0.257 e. The van der Waals surface area contributed by atoms with Crippen molar-refractivity contribution in [2.75, 3.05) is 26.2 Å². The van der Waals surface area contributed by atoms with Gasteiger partial charge in [0.1, 0.15) is 18.5 Å². The van der Waals surface area contributed by atoms with Gasteiger partial charge in [0.15, 0.2) is 0 Å². The lowest BCUT2D eigenvalue weighted by atomic mass is 9.70. The van der Waals surface area contributed by atoms with Crippen LogP contribution < -0.4 is 0 Å². The summed E-state index contributed by atoms with van der Waals surface area (Å²) in [5.41, 5.74) is 0.600. The van der Waals surface area contributed by atoms with Gasteiger partial charge in [0.2, 0.25) is 0 Å². The van der Waals surface area contributed by atoms with Crippen molar-refractivity contribution in [2.24, 2.45) is 12.5 Å². The molecule has 2 aromatic rings. The second-order valence-electron chi connectivity index (χ2n) is 8.16. The van der Waals surface area contributed by atoms with E-state index >= 15 is 0 Å². The summed E-state index contributed by atoms with van der Waals surface area (Å²) in [4.78, 5) is 25.5. The van der Waals surface area contributed by atoms with Crippen LogP contribution in [0.15, 0.2) is 25.0 Å². The zero-order valence-corrected chi connectivity index (χ0v) is 16.2. The van der Waals surface area contributed by atoms with Crippen molar-refractivity contribution >= 4 is 5.91 Å². The zero-order chi connectivity index (χ0) is 19.0. The number of carbonyl (C=O) groups is 1. The summed E-state index contributed by atoms with van der Waals surface area (Å²) >= 11 is 0. The quantitative estimate of drug-likeness (QED) is 0.812. The fourth-order valence-corrected chi connectivity index (χ4v) is 4.67. The molecule has 2 fully saturated rings. The number of aryl methyl sites for hydroxylation is 1. The van der Waals surface area contributed by atoms with E-state index in [9.17, 15) is 4.79 Å². The molecule has 4 rings (SSSR count). The van der Waals surface area contributed by atoms with Crippen molar-refractivity contribution in [3.8, 4) is 0 Å². The molecule has 1 spiro atoms. The third-order valence-corrected chi connectivity index (χ3v) is 6.32. The second kappa shape index (κ2) is 6.99. The first kappa shape index (κ1) is 18.0. The van der Waals surface area contributed by atoms with Crippen molar-refractivity contribution in [1.29, 1.82) is 0 Å². The predicted octanol–water partition coefficient (Wildman–Crippen LogP) is 1.34. The summed E-state index contributed by atoms with van der Waals surface area (Å²) in [7, 11) is 1.99. The molecule has 1 amide bonds. The highest BCUT2D eigenvalue weighted by molar-refractivity contribution is 5.93. The molecule has 2 aliphatic rings. The van der Waals surface area contributed by atoms with E-state index in [0.29, 0.717) is 18.2 Å².